The number of halogens is 1. The Kier molecular flexibility index (Phi) is 2.85. The molecule has 2 aromatic heterocycles. The van der Waals surface area contributed by atoms with Crippen molar-refractivity contribution in [3.63, 3.8) is 0 Å². The summed E-state index contributed by atoms with van der Waals surface area (Å²) in [5.41, 5.74) is 2.06. The Morgan fingerprint density at radius 2 is 2.24 bits per heavy atom. The lowest BCUT2D eigenvalue weighted by molar-refractivity contribution is 0.410. The van der Waals surface area contributed by atoms with Crippen LogP contribution >= 0.6 is 22.6 Å². The summed E-state index contributed by atoms with van der Waals surface area (Å²) < 4.78 is 2.77. The van der Waals surface area contributed by atoms with Gasteiger partial charge >= 0.3 is 0 Å². The maximum atomic E-state index is 4.30. The van der Waals surface area contributed by atoms with Gasteiger partial charge in [-0.1, -0.05) is 11.6 Å². The quantitative estimate of drug-likeness (QED) is 0.788. The smallest absolute Gasteiger partial charge is 0.148 e. The van der Waals surface area contributed by atoms with Gasteiger partial charge in [-0.2, -0.15) is 9.90 Å². The van der Waals surface area contributed by atoms with E-state index >= 15 is 0 Å². The fourth-order valence-electron chi connectivity index (χ4n) is 1.96. The first-order valence-electron chi connectivity index (χ1n) is 5.68. The van der Waals surface area contributed by atoms with E-state index in [1.165, 1.54) is 19.3 Å². The second-order valence-corrected chi connectivity index (χ2v) is 5.42. The van der Waals surface area contributed by atoms with Crippen molar-refractivity contribution in [3.05, 3.63) is 21.3 Å². The lowest BCUT2D eigenvalue weighted by Gasteiger charge is -2.22. The van der Waals surface area contributed by atoms with E-state index < -0.39 is 0 Å². The summed E-state index contributed by atoms with van der Waals surface area (Å²) >= 11 is 2.19. The van der Waals surface area contributed by atoms with Crippen LogP contribution in [0.1, 0.15) is 36.6 Å². The van der Waals surface area contributed by atoms with E-state index in [4.69, 9.17) is 0 Å². The van der Waals surface area contributed by atoms with E-state index in [1.807, 2.05) is 17.9 Å². The van der Waals surface area contributed by atoms with Crippen molar-refractivity contribution in [1.82, 2.24) is 30.0 Å². The molecule has 0 unspecified atom stereocenters. The first-order valence-corrected chi connectivity index (χ1v) is 6.76. The van der Waals surface area contributed by atoms with Crippen LogP contribution in [0.25, 0.3) is 0 Å². The van der Waals surface area contributed by atoms with Crippen molar-refractivity contribution in [3.8, 4) is 0 Å². The molecule has 1 saturated carbocycles. The molecule has 0 spiro atoms. The molecule has 2 aromatic rings. The van der Waals surface area contributed by atoms with Crippen molar-refractivity contribution in [2.24, 2.45) is 7.05 Å². The molecule has 1 aliphatic rings. The van der Waals surface area contributed by atoms with Crippen LogP contribution in [0.2, 0.25) is 0 Å². The zero-order valence-electron chi connectivity index (χ0n) is 9.54. The van der Waals surface area contributed by atoms with Crippen LogP contribution in [-0.2, 0) is 13.6 Å². The lowest BCUT2D eigenvalue weighted by Crippen LogP contribution is -2.09. The summed E-state index contributed by atoms with van der Waals surface area (Å²) in [5, 5.41) is 16.9. The third-order valence-electron chi connectivity index (χ3n) is 3.13. The molecule has 3 rings (SSSR count). The minimum absolute atomic E-state index is 0.629. The Morgan fingerprint density at radius 1 is 1.41 bits per heavy atom. The highest BCUT2D eigenvalue weighted by atomic mass is 127. The number of aromatic nitrogens is 6. The predicted molar refractivity (Wildman–Crippen MR) is 69.4 cm³/mol. The minimum Gasteiger partial charge on any atom is -0.246 e. The molecular formula is C10H13IN6. The second kappa shape index (κ2) is 4.35. The van der Waals surface area contributed by atoms with Gasteiger partial charge in [-0.05, 0) is 35.4 Å². The molecule has 6 nitrogen and oxygen atoms in total. The van der Waals surface area contributed by atoms with Gasteiger partial charge < -0.3 is 0 Å². The number of hydrogen-bond acceptors (Lipinski definition) is 4. The first-order chi connectivity index (χ1) is 8.22. The van der Waals surface area contributed by atoms with Crippen molar-refractivity contribution in [2.75, 3.05) is 0 Å². The van der Waals surface area contributed by atoms with Gasteiger partial charge in [0.05, 0.1) is 12.2 Å². The van der Waals surface area contributed by atoms with Crippen molar-refractivity contribution in [1.29, 1.82) is 0 Å². The van der Waals surface area contributed by atoms with E-state index in [0.717, 1.165) is 15.1 Å². The van der Waals surface area contributed by atoms with Crippen LogP contribution in [0.15, 0.2) is 6.20 Å². The highest BCUT2D eigenvalue weighted by Gasteiger charge is 2.22. The van der Waals surface area contributed by atoms with Crippen molar-refractivity contribution >= 4 is 22.6 Å². The number of aryl methyl sites for hydroxylation is 1. The molecule has 1 aliphatic carbocycles. The van der Waals surface area contributed by atoms with Crippen LogP contribution in [0.3, 0.4) is 0 Å². The summed E-state index contributed by atoms with van der Waals surface area (Å²) in [4.78, 5) is 1.58. The van der Waals surface area contributed by atoms with Gasteiger partial charge in [-0.15, -0.1) is 10.2 Å². The number of hydrogen-bond donors (Lipinski definition) is 0. The standard InChI is InChI=1S/C10H13IN6/c1-16-13-9(10(11)14-16)6-17-5-8(12-15-17)7-3-2-4-7/h5,7H,2-4,6H2,1H3. The summed E-state index contributed by atoms with van der Waals surface area (Å²) in [5.74, 6) is 0.629. The molecule has 0 radical (unpaired) electrons. The summed E-state index contributed by atoms with van der Waals surface area (Å²) in [6.07, 6.45) is 5.86. The molecule has 0 saturated heterocycles. The van der Waals surface area contributed by atoms with E-state index in [-0.39, 0.29) is 0 Å². The Bertz CT molecular complexity index is 527. The minimum atomic E-state index is 0.629. The number of nitrogens with zero attached hydrogens (tertiary/aromatic N) is 6. The van der Waals surface area contributed by atoms with Crippen LogP contribution in [0.4, 0.5) is 0 Å². The molecule has 0 amide bonds. The van der Waals surface area contributed by atoms with Crippen molar-refractivity contribution in [2.45, 2.75) is 31.7 Å². The molecular weight excluding hydrogens is 331 g/mol. The normalized spacial score (nSPS) is 16.1. The molecule has 90 valence electrons. The highest BCUT2D eigenvalue weighted by molar-refractivity contribution is 14.1. The Labute approximate surface area is 113 Å². The van der Waals surface area contributed by atoms with Gasteiger partial charge in [0.15, 0.2) is 0 Å². The molecule has 17 heavy (non-hydrogen) atoms. The van der Waals surface area contributed by atoms with Crippen LogP contribution < -0.4 is 0 Å². The Morgan fingerprint density at radius 3 is 2.82 bits per heavy atom. The molecule has 0 aliphatic heterocycles. The third kappa shape index (κ3) is 2.20. The topological polar surface area (TPSA) is 61.4 Å². The zero-order valence-corrected chi connectivity index (χ0v) is 11.7. The van der Waals surface area contributed by atoms with E-state index in [2.05, 4.69) is 43.1 Å². The average Bonchev–Trinajstić information content (AvgIpc) is 2.73. The molecule has 0 bridgehead atoms. The molecule has 1 fully saturated rings. The average molecular weight is 344 g/mol. The van der Waals surface area contributed by atoms with Crippen LogP contribution in [-0.4, -0.2) is 30.0 Å². The van der Waals surface area contributed by atoms with Gasteiger partial charge in [0.1, 0.15) is 9.39 Å². The molecule has 0 aromatic carbocycles. The fourth-order valence-corrected chi connectivity index (χ4v) is 2.55. The summed E-state index contributed by atoms with van der Waals surface area (Å²) in [6, 6.07) is 0. The van der Waals surface area contributed by atoms with E-state index in [1.54, 1.807) is 4.80 Å². The first kappa shape index (κ1) is 11.1. The highest BCUT2D eigenvalue weighted by Crippen LogP contribution is 2.34. The van der Waals surface area contributed by atoms with Crippen LogP contribution in [0.5, 0.6) is 0 Å². The second-order valence-electron chi connectivity index (χ2n) is 4.40. The monoisotopic (exact) mass is 344 g/mol. The molecule has 0 N–H and O–H groups in total. The SMILES string of the molecule is Cn1nc(I)c(Cn2cc(C3CCC3)nn2)n1. The largest absolute Gasteiger partial charge is 0.246 e. The van der Waals surface area contributed by atoms with Gasteiger partial charge in [0.2, 0.25) is 0 Å². The predicted octanol–water partition coefficient (Wildman–Crippen LogP) is 1.33. The van der Waals surface area contributed by atoms with Crippen LogP contribution in [0, 0.1) is 3.70 Å². The zero-order chi connectivity index (χ0) is 11.8. The summed E-state index contributed by atoms with van der Waals surface area (Å²) in [7, 11) is 1.83. The molecule has 0 atom stereocenters. The van der Waals surface area contributed by atoms with Crippen molar-refractivity contribution < 1.29 is 0 Å². The molecule has 7 heteroatoms. The van der Waals surface area contributed by atoms with E-state index in [0.29, 0.717) is 12.5 Å². The Balaban J connectivity index is 1.76. The van der Waals surface area contributed by atoms with Gasteiger partial charge in [0.25, 0.3) is 0 Å². The Hall–Kier alpha value is -0.990. The van der Waals surface area contributed by atoms with Gasteiger partial charge in [-0.3, -0.25) is 0 Å². The fraction of sp³-hybridized carbons (Fsp3) is 0.600. The lowest BCUT2D eigenvalue weighted by atomic mass is 9.83. The van der Waals surface area contributed by atoms with Gasteiger partial charge in [-0.25, -0.2) is 4.68 Å². The number of rotatable bonds is 3. The molecule has 2 heterocycles. The maximum Gasteiger partial charge on any atom is 0.148 e. The van der Waals surface area contributed by atoms with E-state index in [9.17, 15) is 0 Å². The third-order valence-corrected chi connectivity index (χ3v) is 3.97. The maximum absolute atomic E-state index is 4.30. The summed E-state index contributed by atoms with van der Waals surface area (Å²) in [6.45, 7) is 0.645. The van der Waals surface area contributed by atoms with Gasteiger partial charge in [0, 0.05) is 19.2 Å².